The lowest BCUT2D eigenvalue weighted by Crippen LogP contribution is -2.24. The van der Waals surface area contributed by atoms with Crippen molar-refractivity contribution in [2.75, 3.05) is 24.7 Å². The number of hydrogen-bond donors (Lipinski definition) is 2. The molecule has 5 nitrogen and oxygen atoms in total. The zero-order valence-electron chi connectivity index (χ0n) is 8.90. The zero-order valence-corrected chi connectivity index (χ0v) is 11.3. The Morgan fingerprint density at radius 3 is 2.75 bits per heavy atom. The summed E-state index contributed by atoms with van der Waals surface area (Å²) in [6, 6.07) is 5.58. The number of sulfonamides is 1. The third kappa shape index (κ3) is 6.04. The molecule has 2 N–H and O–H groups in total. The van der Waals surface area contributed by atoms with Gasteiger partial charge in [-0.15, -0.1) is 0 Å². The highest BCUT2D eigenvalue weighted by Gasteiger charge is 1.99. The van der Waals surface area contributed by atoms with Crippen LogP contribution in [0.4, 0.5) is 5.82 Å². The highest BCUT2D eigenvalue weighted by molar-refractivity contribution is 9.10. The number of pyridine rings is 1. The molecule has 0 saturated carbocycles. The second-order valence-corrected chi connectivity index (χ2v) is 5.94. The summed E-state index contributed by atoms with van der Waals surface area (Å²) in [7, 11) is -3.08. The average molecular weight is 308 g/mol. The van der Waals surface area contributed by atoms with Gasteiger partial charge in [-0.2, -0.15) is 0 Å². The van der Waals surface area contributed by atoms with Gasteiger partial charge in [-0.3, -0.25) is 0 Å². The highest BCUT2D eigenvalue weighted by Crippen LogP contribution is 2.09. The van der Waals surface area contributed by atoms with Gasteiger partial charge in [0.25, 0.3) is 0 Å². The third-order valence-electron chi connectivity index (χ3n) is 1.74. The Balaban J connectivity index is 2.21. The second-order valence-electron chi connectivity index (χ2n) is 3.29. The molecule has 0 atom stereocenters. The molecule has 0 amide bonds. The van der Waals surface area contributed by atoms with E-state index in [-0.39, 0.29) is 0 Å². The van der Waals surface area contributed by atoms with Gasteiger partial charge in [0.2, 0.25) is 10.0 Å². The normalized spacial score (nSPS) is 11.4. The molecule has 0 aromatic carbocycles. The number of anilines is 1. The summed E-state index contributed by atoms with van der Waals surface area (Å²) in [5.41, 5.74) is 0. The molecule has 1 aromatic heterocycles. The Morgan fingerprint density at radius 2 is 2.12 bits per heavy atom. The molecule has 16 heavy (non-hydrogen) atoms. The molecule has 0 fully saturated rings. The molecule has 0 unspecified atom stereocenters. The van der Waals surface area contributed by atoms with Crippen molar-refractivity contribution in [3.8, 4) is 0 Å². The Bertz CT molecular complexity index is 436. The molecule has 1 aromatic rings. The van der Waals surface area contributed by atoms with E-state index in [4.69, 9.17) is 0 Å². The van der Waals surface area contributed by atoms with Gasteiger partial charge in [-0.05, 0) is 34.5 Å². The monoisotopic (exact) mass is 307 g/mol. The number of aromatic nitrogens is 1. The van der Waals surface area contributed by atoms with Crippen LogP contribution in [0.1, 0.15) is 6.42 Å². The fourth-order valence-electron chi connectivity index (χ4n) is 1.07. The van der Waals surface area contributed by atoms with E-state index >= 15 is 0 Å². The van der Waals surface area contributed by atoms with E-state index < -0.39 is 10.0 Å². The first-order valence-electron chi connectivity index (χ1n) is 4.78. The van der Waals surface area contributed by atoms with E-state index in [0.717, 1.165) is 16.7 Å². The van der Waals surface area contributed by atoms with Crippen molar-refractivity contribution >= 4 is 31.8 Å². The summed E-state index contributed by atoms with van der Waals surface area (Å²) in [5, 5.41) is 3.10. The van der Waals surface area contributed by atoms with Crippen molar-refractivity contribution in [2.24, 2.45) is 0 Å². The van der Waals surface area contributed by atoms with E-state index in [0.29, 0.717) is 19.5 Å². The van der Waals surface area contributed by atoms with Crippen LogP contribution < -0.4 is 10.0 Å². The molecule has 1 heterocycles. The van der Waals surface area contributed by atoms with Gasteiger partial charge >= 0.3 is 0 Å². The topological polar surface area (TPSA) is 71.1 Å². The van der Waals surface area contributed by atoms with Crippen LogP contribution in [0.3, 0.4) is 0 Å². The molecule has 90 valence electrons. The Morgan fingerprint density at radius 1 is 1.38 bits per heavy atom. The molecule has 1 rings (SSSR count). The molecular formula is C9H14BrN3O2S. The molecule has 0 saturated heterocycles. The van der Waals surface area contributed by atoms with Crippen LogP contribution in [0.2, 0.25) is 0 Å². The van der Waals surface area contributed by atoms with Crippen molar-refractivity contribution in [1.29, 1.82) is 0 Å². The third-order valence-corrected chi connectivity index (χ3v) is 2.91. The number of hydrogen-bond acceptors (Lipinski definition) is 4. The summed E-state index contributed by atoms with van der Waals surface area (Å²) in [5.74, 6) is 0.772. The van der Waals surface area contributed by atoms with Crippen LogP contribution in [0.15, 0.2) is 22.8 Å². The molecule has 0 bridgehead atoms. The Hall–Kier alpha value is -0.660. The van der Waals surface area contributed by atoms with Crippen molar-refractivity contribution in [2.45, 2.75) is 6.42 Å². The summed E-state index contributed by atoms with van der Waals surface area (Å²) in [6.07, 6.45) is 1.86. The minimum atomic E-state index is -3.08. The minimum absolute atomic E-state index is 0.430. The highest BCUT2D eigenvalue weighted by atomic mass is 79.9. The maximum atomic E-state index is 10.8. The largest absolute Gasteiger partial charge is 0.370 e. The van der Waals surface area contributed by atoms with Crippen molar-refractivity contribution in [1.82, 2.24) is 9.71 Å². The number of nitrogens with one attached hydrogen (secondary N) is 2. The minimum Gasteiger partial charge on any atom is -0.370 e. The predicted octanol–water partition coefficient (Wildman–Crippen LogP) is 1.20. The first-order chi connectivity index (χ1) is 7.47. The summed E-state index contributed by atoms with van der Waals surface area (Å²) in [6.45, 7) is 1.10. The van der Waals surface area contributed by atoms with Gasteiger partial charge in [-0.1, -0.05) is 6.07 Å². The van der Waals surface area contributed by atoms with Crippen molar-refractivity contribution in [3.63, 3.8) is 0 Å². The van der Waals surface area contributed by atoms with Crippen molar-refractivity contribution in [3.05, 3.63) is 22.8 Å². The average Bonchev–Trinajstić information content (AvgIpc) is 2.15. The van der Waals surface area contributed by atoms with Crippen LogP contribution >= 0.6 is 15.9 Å². The lowest BCUT2D eigenvalue weighted by atomic mass is 10.4. The molecule has 0 spiro atoms. The molecule has 0 aliphatic carbocycles. The van der Waals surface area contributed by atoms with E-state index in [1.165, 1.54) is 0 Å². The van der Waals surface area contributed by atoms with Gasteiger partial charge in [0, 0.05) is 13.1 Å². The fourth-order valence-corrected chi connectivity index (χ4v) is 1.93. The van der Waals surface area contributed by atoms with Gasteiger partial charge in [0.15, 0.2) is 0 Å². The molecule has 7 heteroatoms. The van der Waals surface area contributed by atoms with Crippen LogP contribution in [0.25, 0.3) is 0 Å². The fraction of sp³-hybridized carbons (Fsp3) is 0.444. The summed E-state index contributed by atoms with van der Waals surface area (Å²) in [4.78, 5) is 4.19. The zero-order chi connectivity index (χ0) is 12.0. The van der Waals surface area contributed by atoms with E-state index in [2.05, 4.69) is 31.0 Å². The van der Waals surface area contributed by atoms with Gasteiger partial charge in [0.1, 0.15) is 10.4 Å². The van der Waals surface area contributed by atoms with Crippen LogP contribution in [0, 0.1) is 0 Å². The lowest BCUT2D eigenvalue weighted by Gasteiger charge is -2.05. The lowest BCUT2D eigenvalue weighted by molar-refractivity contribution is 0.586. The smallest absolute Gasteiger partial charge is 0.208 e. The molecule has 0 aliphatic heterocycles. The second kappa shape index (κ2) is 6.17. The van der Waals surface area contributed by atoms with E-state index in [9.17, 15) is 8.42 Å². The Kier molecular flexibility index (Phi) is 5.17. The van der Waals surface area contributed by atoms with Crippen LogP contribution in [-0.4, -0.2) is 32.7 Å². The number of nitrogens with zero attached hydrogens (tertiary/aromatic N) is 1. The van der Waals surface area contributed by atoms with E-state index in [1.807, 2.05) is 18.2 Å². The Labute approximate surface area is 104 Å². The summed E-state index contributed by atoms with van der Waals surface area (Å²) < 4.78 is 24.7. The standard InChI is InChI=1S/C9H14BrN3O2S/c1-16(14,15)12-7-3-6-11-9-5-2-4-8(10)13-9/h2,4-5,12H,3,6-7H2,1H3,(H,11,13). The SMILES string of the molecule is CS(=O)(=O)NCCCNc1cccc(Br)n1. The molecular weight excluding hydrogens is 294 g/mol. The number of rotatable bonds is 6. The summed E-state index contributed by atoms with van der Waals surface area (Å²) >= 11 is 3.27. The first-order valence-corrected chi connectivity index (χ1v) is 7.47. The van der Waals surface area contributed by atoms with Crippen LogP contribution in [-0.2, 0) is 10.0 Å². The van der Waals surface area contributed by atoms with Gasteiger partial charge < -0.3 is 5.32 Å². The van der Waals surface area contributed by atoms with Crippen LogP contribution in [0.5, 0.6) is 0 Å². The molecule has 0 aliphatic rings. The van der Waals surface area contributed by atoms with Gasteiger partial charge in [-0.25, -0.2) is 18.1 Å². The quantitative estimate of drug-likeness (QED) is 0.612. The van der Waals surface area contributed by atoms with Gasteiger partial charge in [0.05, 0.1) is 6.26 Å². The predicted molar refractivity (Wildman–Crippen MR) is 67.9 cm³/mol. The molecule has 0 radical (unpaired) electrons. The first kappa shape index (κ1) is 13.4. The maximum absolute atomic E-state index is 10.8. The maximum Gasteiger partial charge on any atom is 0.208 e. The van der Waals surface area contributed by atoms with Crippen molar-refractivity contribution < 1.29 is 8.42 Å². The number of halogens is 1. The van der Waals surface area contributed by atoms with E-state index in [1.54, 1.807) is 0 Å².